The van der Waals surface area contributed by atoms with Crippen LogP contribution in [0.4, 0.5) is 11.4 Å². The van der Waals surface area contributed by atoms with Crippen LogP contribution in [0.15, 0.2) is 36.7 Å². The van der Waals surface area contributed by atoms with Gasteiger partial charge in [-0.05, 0) is 25.5 Å². The van der Waals surface area contributed by atoms with E-state index < -0.39 is 0 Å². The van der Waals surface area contributed by atoms with Crippen molar-refractivity contribution in [3.05, 3.63) is 42.5 Å². The standard InChI is InChI=1S/C16H22N4/c1-13-8-10-18(2)14-6-4-5-7-15(14)20(13)12-16-17-9-11-19(16)3/h4-7,9,11,13H,8,10,12H2,1-3H3/t13-/m0/s1. The van der Waals surface area contributed by atoms with Crippen molar-refractivity contribution in [2.75, 3.05) is 23.4 Å². The Labute approximate surface area is 120 Å². The first kappa shape index (κ1) is 13.0. The fourth-order valence-electron chi connectivity index (χ4n) is 2.87. The van der Waals surface area contributed by atoms with Crippen molar-refractivity contribution in [1.82, 2.24) is 9.55 Å². The van der Waals surface area contributed by atoms with Crippen molar-refractivity contribution in [3.63, 3.8) is 0 Å². The molecular weight excluding hydrogens is 248 g/mol. The Morgan fingerprint density at radius 1 is 1.20 bits per heavy atom. The number of hydrogen-bond donors (Lipinski definition) is 0. The van der Waals surface area contributed by atoms with Gasteiger partial charge in [0, 0.05) is 39.1 Å². The van der Waals surface area contributed by atoms with Gasteiger partial charge in [-0.15, -0.1) is 0 Å². The van der Waals surface area contributed by atoms with Crippen molar-refractivity contribution in [3.8, 4) is 0 Å². The molecule has 0 fully saturated rings. The van der Waals surface area contributed by atoms with Crippen molar-refractivity contribution >= 4 is 11.4 Å². The van der Waals surface area contributed by atoms with Gasteiger partial charge in [-0.1, -0.05) is 12.1 Å². The molecule has 0 N–H and O–H groups in total. The van der Waals surface area contributed by atoms with Gasteiger partial charge in [0.25, 0.3) is 0 Å². The normalized spacial score (nSPS) is 18.9. The highest BCUT2D eigenvalue weighted by atomic mass is 15.2. The van der Waals surface area contributed by atoms with E-state index in [4.69, 9.17) is 0 Å². The molecule has 106 valence electrons. The maximum absolute atomic E-state index is 4.47. The molecule has 4 nitrogen and oxygen atoms in total. The number of hydrogen-bond acceptors (Lipinski definition) is 3. The average molecular weight is 270 g/mol. The molecule has 0 bridgehead atoms. The third-order valence-corrected chi connectivity index (χ3v) is 4.25. The minimum absolute atomic E-state index is 0.512. The molecule has 1 atom stereocenters. The minimum atomic E-state index is 0.512. The summed E-state index contributed by atoms with van der Waals surface area (Å²) < 4.78 is 2.10. The van der Waals surface area contributed by atoms with Crippen LogP contribution in [0.25, 0.3) is 0 Å². The molecule has 2 heterocycles. The molecule has 1 aromatic carbocycles. The summed E-state index contributed by atoms with van der Waals surface area (Å²) in [5.41, 5.74) is 2.62. The van der Waals surface area contributed by atoms with Crippen LogP contribution in [0, 0.1) is 0 Å². The van der Waals surface area contributed by atoms with Gasteiger partial charge in [-0.2, -0.15) is 0 Å². The van der Waals surface area contributed by atoms with Crippen LogP contribution in [-0.4, -0.2) is 29.2 Å². The van der Waals surface area contributed by atoms with E-state index in [1.807, 2.05) is 12.4 Å². The van der Waals surface area contributed by atoms with E-state index in [2.05, 4.69) is 64.6 Å². The number of aromatic nitrogens is 2. The van der Waals surface area contributed by atoms with Gasteiger partial charge in [0.1, 0.15) is 5.82 Å². The second kappa shape index (κ2) is 5.19. The van der Waals surface area contributed by atoms with E-state index in [1.165, 1.54) is 11.4 Å². The van der Waals surface area contributed by atoms with Gasteiger partial charge in [-0.25, -0.2) is 4.98 Å². The zero-order chi connectivity index (χ0) is 14.1. The molecule has 1 aliphatic heterocycles. The lowest BCUT2D eigenvalue weighted by atomic mass is 10.2. The Balaban J connectivity index is 1.99. The van der Waals surface area contributed by atoms with Gasteiger partial charge >= 0.3 is 0 Å². The Kier molecular flexibility index (Phi) is 3.38. The van der Waals surface area contributed by atoms with E-state index in [0.29, 0.717) is 6.04 Å². The zero-order valence-electron chi connectivity index (χ0n) is 12.5. The number of benzene rings is 1. The van der Waals surface area contributed by atoms with Crippen LogP contribution in [0.2, 0.25) is 0 Å². The topological polar surface area (TPSA) is 24.3 Å². The summed E-state index contributed by atoms with van der Waals surface area (Å²) in [6.07, 6.45) is 5.04. The number of nitrogens with zero attached hydrogens (tertiary/aromatic N) is 4. The zero-order valence-corrected chi connectivity index (χ0v) is 12.5. The van der Waals surface area contributed by atoms with Crippen LogP contribution in [0.5, 0.6) is 0 Å². The van der Waals surface area contributed by atoms with Crippen molar-refractivity contribution in [2.45, 2.75) is 25.9 Å². The van der Waals surface area contributed by atoms with E-state index in [9.17, 15) is 0 Å². The average Bonchev–Trinajstić information content (AvgIpc) is 2.82. The summed E-state index contributed by atoms with van der Waals surface area (Å²) in [7, 11) is 4.23. The van der Waals surface area contributed by atoms with E-state index in [0.717, 1.165) is 25.3 Å². The SMILES string of the molecule is C[C@H]1CCN(C)c2ccccc2N1Cc1nccn1C. The second-order valence-electron chi connectivity index (χ2n) is 5.63. The van der Waals surface area contributed by atoms with Gasteiger partial charge in [-0.3, -0.25) is 0 Å². The lowest BCUT2D eigenvalue weighted by molar-refractivity contribution is 0.583. The molecule has 4 heteroatoms. The smallest absolute Gasteiger partial charge is 0.127 e. The van der Waals surface area contributed by atoms with E-state index in [-0.39, 0.29) is 0 Å². The second-order valence-corrected chi connectivity index (χ2v) is 5.63. The lowest BCUT2D eigenvalue weighted by Gasteiger charge is -2.30. The Hall–Kier alpha value is -1.97. The van der Waals surface area contributed by atoms with Gasteiger partial charge < -0.3 is 14.4 Å². The van der Waals surface area contributed by atoms with Gasteiger partial charge in [0.05, 0.1) is 17.9 Å². The maximum Gasteiger partial charge on any atom is 0.127 e. The summed E-state index contributed by atoms with van der Waals surface area (Å²) >= 11 is 0. The Morgan fingerprint density at radius 2 is 1.95 bits per heavy atom. The molecule has 2 aromatic rings. The lowest BCUT2D eigenvalue weighted by Crippen LogP contribution is -2.33. The minimum Gasteiger partial charge on any atom is -0.373 e. The highest BCUT2D eigenvalue weighted by Crippen LogP contribution is 2.34. The fraction of sp³-hybridized carbons (Fsp3) is 0.438. The first-order valence-corrected chi connectivity index (χ1v) is 7.20. The maximum atomic E-state index is 4.47. The molecule has 1 aromatic heterocycles. The van der Waals surface area contributed by atoms with Crippen molar-refractivity contribution in [2.24, 2.45) is 7.05 Å². The molecule has 0 saturated heterocycles. The summed E-state index contributed by atoms with van der Waals surface area (Å²) in [4.78, 5) is 9.30. The molecule has 20 heavy (non-hydrogen) atoms. The van der Waals surface area contributed by atoms with Crippen LogP contribution in [-0.2, 0) is 13.6 Å². The third kappa shape index (κ3) is 2.26. The van der Waals surface area contributed by atoms with Gasteiger partial charge in [0.2, 0.25) is 0 Å². The van der Waals surface area contributed by atoms with Crippen LogP contribution in [0.3, 0.4) is 0 Å². The number of rotatable bonds is 2. The summed E-state index contributed by atoms with van der Waals surface area (Å²) in [6.45, 7) is 4.25. The molecule has 0 saturated carbocycles. The Bertz CT molecular complexity index is 590. The predicted molar refractivity (Wildman–Crippen MR) is 83.2 cm³/mol. The molecule has 0 unspecified atom stereocenters. The number of anilines is 2. The summed E-state index contributed by atoms with van der Waals surface area (Å²) in [6, 6.07) is 9.17. The monoisotopic (exact) mass is 270 g/mol. The molecule has 0 amide bonds. The molecule has 0 spiro atoms. The van der Waals surface area contributed by atoms with Crippen LogP contribution in [0.1, 0.15) is 19.2 Å². The number of fused-ring (bicyclic) bond motifs is 1. The van der Waals surface area contributed by atoms with Crippen molar-refractivity contribution < 1.29 is 0 Å². The highest BCUT2D eigenvalue weighted by molar-refractivity contribution is 5.72. The summed E-state index contributed by atoms with van der Waals surface area (Å²) in [5, 5.41) is 0. The van der Waals surface area contributed by atoms with Crippen molar-refractivity contribution in [1.29, 1.82) is 0 Å². The first-order valence-electron chi connectivity index (χ1n) is 7.20. The molecule has 1 aliphatic rings. The quantitative estimate of drug-likeness (QED) is 0.838. The molecule has 0 radical (unpaired) electrons. The van der Waals surface area contributed by atoms with E-state index in [1.54, 1.807) is 0 Å². The highest BCUT2D eigenvalue weighted by Gasteiger charge is 2.24. The number of imidazole rings is 1. The molecule has 3 rings (SSSR count). The molecule has 0 aliphatic carbocycles. The van der Waals surface area contributed by atoms with Crippen LogP contribution < -0.4 is 9.80 Å². The number of para-hydroxylation sites is 2. The third-order valence-electron chi connectivity index (χ3n) is 4.25. The van der Waals surface area contributed by atoms with Crippen LogP contribution >= 0.6 is 0 Å². The number of aryl methyl sites for hydroxylation is 1. The molecular formula is C16H22N4. The largest absolute Gasteiger partial charge is 0.373 e. The summed E-state index contributed by atoms with van der Waals surface area (Å²) in [5.74, 6) is 1.11. The fourth-order valence-corrected chi connectivity index (χ4v) is 2.87. The van der Waals surface area contributed by atoms with Gasteiger partial charge in [0.15, 0.2) is 0 Å². The predicted octanol–water partition coefficient (Wildman–Crippen LogP) is 2.66. The Morgan fingerprint density at radius 3 is 2.65 bits per heavy atom. The first-order chi connectivity index (χ1) is 9.66. The van der Waals surface area contributed by atoms with E-state index >= 15 is 0 Å².